The molecule has 0 saturated carbocycles. The second-order valence-electron chi connectivity index (χ2n) is 4.25. The molecule has 4 N–H and O–H groups in total. The maximum absolute atomic E-state index is 9.10. The van der Waals surface area contributed by atoms with Gasteiger partial charge in [0.05, 0.1) is 0 Å². The second-order valence-corrected chi connectivity index (χ2v) is 4.25. The van der Waals surface area contributed by atoms with Crippen molar-refractivity contribution >= 4 is 11.9 Å². The van der Waals surface area contributed by atoms with Crippen LogP contribution in [-0.2, 0) is 9.59 Å². The predicted molar refractivity (Wildman–Crippen MR) is 63.8 cm³/mol. The maximum atomic E-state index is 9.10. The first-order valence-electron chi connectivity index (χ1n) is 5.82. The van der Waals surface area contributed by atoms with Crippen molar-refractivity contribution in [1.29, 1.82) is 0 Å². The first-order valence-corrected chi connectivity index (χ1v) is 5.82. The molecule has 0 aliphatic carbocycles. The number of aliphatic carboxylic acids is 2. The second kappa shape index (κ2) is 8.03. The number of rotatable bonds is 3. The topological polar surface area (TPSA) is 104 Å². The maximum Gasteiger partial charge on any atom is 0.414 e. The summed E-state index contributed by atoms with van der Waals surface area (Å²) >= 11 is 0. The summed E-state index contributed by atoms with van der Waals surface area (Å²) in [6.07, 6.45) is 2.57. The highest BCUT2D eigenvalue weighted by atomic mass is 16.4. The van der Waals surface area contributed by atoms with Gasteiger partial charge in [0.25, 0.3) is 0 Å². The molecule has 6 heteroatoms. The van der Waals surface area contributed by atoms with E-state index in [9.17, 15) is 0 Å². The van der Waals surface area contributed by atoms with Crippen LogP contribution in [-0.4, -0.2) is 52.7 Å². The summed E-state index contributed by atoms with van der Waals surface area (Å²) < 4.78 is 0. The number of nitrogens with two attached hydrogens (primary N) is 1. The molecule has 1 aliphatic heterocycles. The Bertz CT molecular complexity index is 246. The van der Waals surface area contributed by atoms with Gasteiger partial charge < -0.3 is 20.8 Å². The quantitative estimate of drug-likeness (QED) is 0.615. The van der Waals surface area contributed by atoms with Crippen LogP contribution < -0.4 is 5.73 Å². The summed E-state index contributed by atoms with van der Waals surface area (Å²) in [6.45, 7) is 7.91. The minimum absolute atomic E-state index is 0.756. The van der Waals surface area contributed by atoms with Gasteiger partial charge in [-0.25, -0.2) is 9.59 Å². The Kier molecular flexibility index (Phi) is 7.49. The molecule has 1 aliphatic rings. The third-order valence-electron chi connectivity index (χ3n) is 3.05. The average Bonchev–Trinajstić information content (AvgIpc) is 2.77. The van der Waals surface area contributed by atoms with Crippen LogP contribution in [0.3, 0.4) is 0 Å². The number of hydrogen-bond acceptors (Lipinski definition) is 4. The zero-order valence-corrected chi connectivity index (χ0v) is 10.4. The molecule has 0 aromatic heterocycles. The Balaban J connectivity index is 0.000000366. The first-order chi connectivity index (χ1) is 7.92. The molecule has 1 saturated heterocycles. The normalized spacial score (nSPS) is 21.5. The van der Waals surface area contributed by atoms with E-state index in [1.54, 1.807) is 0 Å². The highest BCUT2D eigenvalue weighted by Crippen LogP contribution is 2.18. The standard InChI is InChI=1S/C9H20N2.C2H2O4/c1-3-8(2)11-5-4-9(6-10)7-11;3-1(4)2(5)6/h8-9H,3-7,10H2,1-2H3;(H,3,4)(H,5,6). The van der Waals surface area contributed by atoms with Crippen molar-refractivity contribution in [2.24, 2.45) is 11.7 Å². The van der Waals surface area contributed by atoms with Crippen LogP contribution >= 0.6 is 0 Å². The van der Waals surface area contributed by atoms with Crippen LogP contribution in [0.1, 0.15) is 26.7 Å². The van der Waals surface area contributed by atoms with Crippen molar-refractivity contribution < 1.29 is 19.8 Å². The fourth-order valence-corrected chi connectivity index (χ4v) is 1.71. The van der Waals surface area contributed by atoms with E-state index in [0.717, 1.165) is 18.5 Å². The summed E-state index contributed by atoms with van der Waals surface area (Å²) in [7, 11) is 0. The van der Waals surface area contributed by atoms with E-state index < -0.39 is 11.9 Å². The Morgan fingerprint density at radius 3 is 2.24 bits per heavy atom. The van der Waals surface area contributed by atoms with Crippen LogP contribution in [0.25, 0.3) is 0 Å². The van der Waals surface area contributed by atoms with Gasteiger partial charge in [-0.3, -0.25) is 0 Å². The fourth-order valence-electron chi connectivity index (χ4n) is 1.71. The largest absolute Gasteiger partial charge is 0.473 e. The van der Waals surface area contributed by atoms with E-state index in [1.165, 1.54) is 25.9 Å². The highest BCUT2D eigenvalue weighted by molar-refractivity contribution is 6.27. The van der Waals surface area contributed by atoms with E-state index in [-0.39, 0.29) is 0 Å². The molecule has 100 valence electrons. The summed E-state index contributed by atoms with van der Waals surface area (Å²) in [5, 5.41) is 14.8. The van der Waals surface area contributed by atoms with Gasteiger partial charge in [0.15, 0.2) is 0 Å². The zero-order valence-electron chi connectivity index (χ0n) is 10.4. The van der Waals surface area contributed by atoms with Gasteiger partial charge in [-0.2, -0.15) is 0 Å². The lowest BCUT2D eigenvalue weighted by Gasteiger charge is -2.22. The molecule has 2 atom stereocenters. The van der Waals surface area contributed by atoms with Crippen LogP contribution in [0.4, 0.5) is 0 Å². The third kappa shape index (κ3) is 6.23. The van der Waals surface area contributed by atoms with Gasteiger partial charge in [-0.15, -0.1) is 0 Å². The summed E-state index contributed by atoms with van der Waals surface area (Å²) in [5.41, 5.74) is 5.61. The molecule has 0 aromatic carbocycles. The SMILES string of the molecule is CCC(C)N1CCC(CN)C1.O=C(O)C(=O)O. The van der Waals surface area contributed by atoms with E-state index >= 15 is 0 Å². The minimum Gasteiger partial charge on any atom is -0.473 e. The Labute approximate surface area is 101 Å². The van der Waals surface area contributed by atoms with E-state index in [0.29, 0.717) is 0 Å². The van der Waals surface area contributed by atoms with Crippen LogP contribution in [0.15, 0.2) is 0 Å². The molecule has 0 spiro atoms. The molecule has 0 bridgehead atoms. The summed E-state index contributed by atoms with van der Waals surface area (Å²) in [6, 6.07) is 0.756. The summed E-state index contributed by atoms with van der Waals surface area (Å²) in [4.78, 5) is 20.8. The van der Waals surface area contributed by atoms with Crippen molar-refractivity contribution in [3.63, 3.8) is 0 Å². The van der Waals surface area contributed by atoms with Gasteiger partial charge >= 0.3 is 11.9 Å². The molecule has 17 heavy (non-hydrogen) atoms. The van der Waals surface area contributed by atoms with Gasteiger partial charge in [0, 0.05) is 12.6 Å². The molecule has 1 fully saturated rings. The fraction of sp³-hybridized carbons (Fsp3) is 0.818. The third-order valence-corrected chi connectivity index (χ3v) is 3.05. The van der Waals surface area contributed by atoms with E-state index in [2.05, 4.69) is 18.7 Å². The first kappa shape index (κ1) is 15.9. The highest BCUT2D eigenvalue weighted by Gasteiger charge is 2.23. The van der Waals surface area contributed by atoms with Crippen LogP contribution in [0.2, 0.25) is 0 Å². The van der Waals surface area contributed by atoms with Crippen molar-refractivity contribution in [3.8, 4) is 0 Å². The van der Waals surface area contributed by atoms with Crippen LogP contribution in [0, 0.1) is 5.92 Å². The number of carboxylic acids is 2. The van der Waals surface area contributed by atoms with Gasteiger partial charge in [0.2, 0.25) is 0 Å². The molecular weight excluding hydrogens is 224 g/mol. The van der Waals surface area contributed by atoms with Crippen molar-refractivity contribution in [2.45, 2.75) is 32.7 Å². The summed E-state index contributed by atoms with van der Waals surface area (Å²) in [5.74, 6) is -2.88. The van der Waals surface area contributed by atoms with Gasteiger partial charge in [-0.1, -0.05) is 6.92 Å². The number of carboxylic acid groups (broad SMARTS) is 2. The molecule has 0 amide bonds. The lowest BCUT2D eigenvalue weighted by atomic mass is 10.1. The molecular formula is C11H22N2O4. The molecule has 1 heterocycles. The number of nitrogens with zero attached hydrogens (tertiary/aromatic N) is 1. The smallest absolute Gasteiger partial charge is 0.414 e. The molecule has 1 rings (SSSR count). The van der Waals surface area contributed by atoms with Crippen molar-refractivity contribution in [1.82, 2.24) is 4.90 Å². The Hall–Kier alpha value is -1.14. The average molecular weight is 246 g/mol. The Morgan fingerprint density at radius 1 is 1.41 bits per heavy atom. The lowest BCUT2D eigenvalue weighted by molar-refractivity contribution is -0.159. The minimum atomic E-state index is -1.82. The number of carbonyl (C=O) groups is 2. The number of hydrogen-bond donors (Lipinski definition) is 3. The molecule has 6 nitrogen and oxygen atoms in total. The lowest BCUT2D eigenvalue weighted by Crippen LogP contribution is -2.31. The van der Waals surface area contributed by atoms with E-state index in [4.69, 9.17) is 25.5 Å². The molecule has 0 radical (unpaired) electrons. The van der Waals surface area contributed by atoms with Gasteiger partial charge in [0.1, 0.15) is 0 Å². The van der Waals surface area contributed by atoms with Gasteiger partial charge in [-0.05, 0) is 38.8 Å². The van der Waals surface area contributed by atoms with E-state index in [1.807, 2.05) is 0 Å². The zero-order chi connectivity index (χ0) is 13.4. The Morgan fingerprint density at radius 2 is 1.94 bits per heavy atom. The number of likely N-dealkylation sites (tertiary alicyclic amines) is 1. The van der Waals surface area contributed by atoms with Crippen LogP contribution in [0.5, 0.6) is 0 Å². The molecule has 0 aromatic rings. The van der Waals surface area contributed by atoms with Crippen molar-refractivity contribution in [2.75, 3.05) is 19.6 Å². The monoisotopic (exact) mass is 246 g/mol. The van der Waals surface area contributed by atoms with Crippen molar-refractivity contribution in [3.05, 3.63) is 0 Å². The molecule has 2 unspecified atom stereocenters. The predicted octanol–water partition coefficient (Wildman–Crippen LogP) is 0.221.